The van der Waals surface area contributed by atoms with Crippen molar-refractivity contribution in [3.8, 4) is 0 Å². The van der Waals surface area contributed by atoms with Crippen LogP contribution in [-0.2, 0) is 11.3 Å². The second-order valence-corrected chi connectivity index (χ2v) is 3.06. The van der Waals surface area contributed by atoms with Gasteiger partial charge in [-0.1, -0.05) is 11.6 Å². The normalized spacial score (nSPS) is 9.00. The number of ether oxygens (including phenoxy) is 1. The van der Waals surface area contributed by atoms with Crippen LogP contribution in [0.5, 0.6) is 0 Å². The molecule has 0 saturated heterocycles. The molecule has 0 aliphatic rings. The fraction of sp³-hybridized carbons (Fsp3) is 0.222. The average molecular weight is 251 g/mol. The van der Waals surface area contributed by atoms with Gasteiger partial charge in [-0.2, -0.15) is 0 Å². The quantitative estimate of drug-likeness (QED) is 0.848. The molecule has 0 unspecified atom stereocenters. The molecule has 6 heteroatoms. The predicted molar refractivity (Wildman–Crippen MR) is 62.6 cm³/mol. The third-order valence-electron chi connectivity index (χ3n) is 1.71. The minimum Gasteiger partial charge on any atom is -0.453 e. The molecule has 4 nitrogen and oxygen atoms in total. The molecule has 0 bridgehead atoms. The molecule has 0 aliphatic heterocycles. The zero-order chi connectivity index (χ0) is 10.6. The summed E-state index contributed by atoms with van der Waals surface area (Å²) in [4.78, 5) is 10.9. The molecule has 0 radical (unpaired) electrons. The number of carbonyl (C=O) groups is 1. The van der Waals surface area contributed by atoms with Gasteiger partial charge >= 0.3 is 6.09 Å². The van der Waals surface area contributed by atoms with E-state index in [1.807, 2.05) is 0 Å². The van der Waals surface area contributed by atoms with Gasteiger partial charge in [0.1, 0.15) is 0 Å². The maximum Gasteiger partial charge on any atom is 0.411 e. The second-order valence-electron chi connectivity index (χ2n) is 2.62. The van der Waals surface area contributed by atoms with Gasteiger partial charge in [0.05, 0.1) is 7.11 Å². The Morgan fingerprint density at radius 1 is 1.60 bits per heavy atom. The van der Waals surface area contributed by atoms with Gasteiger partial charge in [-0.25, -0.2) is 4.79 Å². The summed E-state index contributed by atoms with van der Waals surface area (Å²) in [5.41, 5.74) is 6.87. The van der Waals surface area contributed by atoms with Gasteiger partial charge in [-0.05, 0) is 23.8 Å². The Morgan fingerprint density at radius 3 is 2.80 bits per heavy atom. The van der Waals surface area contributed by atoms with E-state index >= 15 is 0 Å². The van der Waals surface area contributed by atoms with Crippen LogP contribution in [0.25, 0.3) is 0 Å². The number of carbonyl (C=O) groups excluding carboxylic acids is 1. The van der Waals surface area contributed by atoms with Crippen molar-refractivity contribution in [1.82, 2.24) is 0 Å². The summed E-state index contributed by atoms with van der Waals surface area (Å²) in [6, 6.07) is 5.06. The van der Waals surface area contributed by atoms with Crippen molar-refractivity contribution in [3.05, 3.63) is 28.8 Å². The summed E-state index contributed by atoms with van der Waals surface area (Å²) in [5, 5.41) is 3.12. The summed E-state index contributed by atoms with van der Waals surface area (Å²) in [5.74, 6) is 0. The molecule has 3 N–H and O–H groups in total. The highest BCUT2D eigenvalue weighted by molar-refractivity contribution is 6.30. The lowest BCUT2D eigenvalue weighted by Crippen LogP contribution is -2.13. The van der Waals surface area contributed by atoms with Gasteiger partial charge in [-0.15, -0.1) is 12.4 Å². The van der Waals surface area contributed by atoms with Gasteiger partial charge < -0.3 is 10.5 Å². The van der Waals surface area contributed by atoms with Crippen molar-refractivity contribution >= 4 is 35.8 Å². The van der Waals surface area contributed by atoms with Crippen molar-refractivity contribution < 1.29 is 9.53 Å². The highest BCUT2D eigenvalue weighted by Crippen LogP contribution is 2.20. The molecule has 1 rings (SSSR count). The number of benzene rings is 1. The monoisotopic (exact) mass is 250 g/mol. The van der Waals surface area contributed by atoms with Gasteiger partial charge in [0.15, 0.2) is 0 Å². The topological polar surface area (TPSA) is 64.3 Å². The molecule has 0 aliphatic carbocycles. The van der Waals surface area contributed by atoms with E-state index in [-0.39, 0.29) is 12.4 Å². The summed E-state index contributed by atoms with van der Waals surface area (Å²) in [6.07, 6.45) is -0.526. The lowest BCUT2D eigenvalue weighted by Gasteiger charge is -2.08. The smallest absolute Gasteiger partial charge is 0.411 e. The fourth-order valence-corrected chi connectivity index (χ4v) is 1.21. The molecular weight excluding hydrogens is 239 g/mol. The third-order valence-corrected chi connectivity index (χ3v) is 1.94. The SMILES string of the molecule is COC(=O)Nc1ccc(Cl)cc1CN.Cl. The molecule has 1 aromatic carbocycles. The first-order valence-electron chi connectivity index (χ1n) is 4.01. The highest BCUT2D eigenvalue weighted by Gasteiger charge is 2.05. The minimum absolute atomic E-state index is 0. The summed E-state index contributed by atoms with van der Waals surface area (Å²) < 4.78 is 4.46. The molecule has 0 fully saturated rings. The van der Waals surface area contributed by atoms with Crippen LogP contribution in [0.4, 0.5) is 10.5 Å². The van der Waals surface area contributed by atoms with Gasteiger partial charge in [0, 0.05) is 17.3 Å². The van der Waals surface area contributed by atoms with Gasteiger partial charge in [0.2, 0.25) is 0 Å². The molecule has 0 heterocycles. The molecule has 0 spiro atoms. The Morgan fingerprint density at radius 2 is 2.27 bits per heavy atom. The van der Waals surface area contributed by atoms with Gasteiger partial charge in [-0.3, -0.25) is 5.32 Å². The van der Waals surface area contributed by atoms with Crippen molar-refractivity contribution in [1.29, 1.82) is 0 Å². The van der Waals surface area contributed by atoms with E-state index in [1.165, 1.54) is 7.11 Å². The first kappa shape index (κ1) is 14.0. The Bertz CT molecular complexity index is 345. The summed E-state index contributed by atoms with van der Waals surface area (Å²) in [7, 11) is 1.30. The zero-order valence-corrected chi connectivity index (χ0v) is 9.69. The van der Waals surface area contributed by atoms with E-state index in [0.717, 1.165) is 5.56 Å². The van der Waals surface area contributed by atoms with Crippen molar-refractivity contribution in [2.45, 2.75) is 6.54 Å². The Balaban J connectivity index is 0.00000196. The van der Waals surface area contributed by atoms with E-state index in [4.69, 9.17) is 17.3 Å². The number of anilines is 1. The lowest BCUT2D eigenvalue weighted by molar-refractivity contribution is 0.187. The average Bonchev–Trinajstić information content (AvgIpc) is 2.20. The fourth-order valence-electron chi connectivity index (χ4n) is 1.01. The maximum atomic E-state index is 10.9. The number of rotatable bonds is 2. The summed E-state index contributed by atoms with van der Waals surface area (Å²) in [6.45, 7) is 0.305. The van der Waals surface area contributed by atoms with Crippen molar-refractivity contribution in [3.63, 3.8) is 0 Å². The van der Waals surface area contributed by atoms with E-state index in [9.17, 15) is 4.79 Å². The molecule has 1 amide bonds. The molecule has 84 valence electrons. The largest absolute Gasteiger partial charge is 0.453 e. The summed E-state index contributed by atoms with van der Waals surface area (Å²) >= 11 is 5.77. The van der Waals surface area contributed by atoms with Crippen molar-refractivity contribution in [2.75, 3.05) is 12.4 Å². The van der Waals surface area contributed by atoms with Crippen LogP contribution in [0.3, 0.4) is 0 Å². The molecule has 1 aromatic rings. The minimum atomic E-state index is -0.526. The first-order chi connectivity index (χ1) is 6.67. The van der Waals surface area contributed by atoms with Crippen molar-refractivity contribution in [2.24, 2.45) is 5.73 Å². The maximum absolute atomic E-state index is 10.9. The van der Waals surface area contributed by atoms with Crippen LogP contribution in [-0.4, -0.2) is 13.2 Å². The van der Waals surface area contributed by atoms with Crippen LogP contribution in [0.1, 0.15) is 5.56 Å². The Labute approximate surface area is 99.1 Å². The third kappa shape index (κ3) is 3.95. The van der Waals surface area contributed by atoms with Crippen LogP contribution in [0.2, 0.25) is 5.02 Å². The number of nitrogens with two attached hydrogens (primary N) is 1. The molecule has 0 saturated carbocycles. The zero-order valence-electron chi connectivity index (χ0n) is 8.12. The first-order valence-corrected chi connectivity index (χ1v) is 4.38. The van der Waals surface area contributed by atoms with E-state index in [1.54, 1.807) is 18.2 Å². The molecule has 0 atom stereocenters. The number of amides is 1. The molecular formula is C9H12Cl2N2O2. The molecule has 15 heavy (non-hydrogen) atoms. The standard InChI is InChI=1S/C9H11ClN2O2.ClH/c1-14-9(13)12-8-3-2-7(10)4-6(8)5-11;/h2-4H,5,11H2,1H3,(H,12,13);1H. The number of methoxy groups -OCH3 is 1. The number of hydrogen-bond donors (Lipinski definition) is 2. The Hall–Kier alpha value is -0.970. The number of halogens is 2. The molecule has 0 aromatic heterocycles. The van der Waals surface area contributed by atoms with Crippen LogP contribution < -0.4 is 11.1 Å². The van der Waals surface area contributed by atoms with Crippen LogP contribution >= 0.6 is 24.0 Å². The number of hydrogen-bond acceptors (Lipinski definition) is 3. The number of nitrogens with one attached hydrogen (secondary N) is 1. The van der Waals surface area contributed by atoms with Crippen LogP contribution in [0.15, 0.2) is 18.2 Å². The predicted octanol–water partition coefficient (Wildman–Crippen LogP) is 2.40. The van der Waals surface area contributed by atoms with E-state index < -0.39 is 6.09 Å². The van der Waals surface area contributed by atoms with Crippen LogP contribution in [0, 0.1) is 0 Å². The van der Waals surface area contributed by atoms with E-state index in [0.29, 0.717) is 17.3 Å². The highest BCUT2D eigenvalue weighted by atomic mass is 35.5. The lowest BCUT2D eigenvalue weighted by atomic mass is 10.2. The van der Waals surface area contributed by atoms with E-state index in [2.05, 4.69) is 10.1 Å². The Kier molecular flexibility index (Phi) is 6.08. The van der Waals surface area contributed by atoms with Gasteiger partial charge in [0.25, 0.3) is 0 Å². The second kappa shape index (κ2) is 6.50.